The molecule has 0 amide bonds. The van der Waals surface area contributed by atoms with Crippen LogP contribution in [-0.2, 0) is 28.5 Å². The zero-order valence-corrected chi connectivity index (χ0v) is 25.4. The zero-order valence-electron chi connectivity index (χ0n) is 25.4. The van der Waals surface area contributed by atoms with Gasteiger partial charge in [-0.1, -0.05) is 0 Å². The van der Waals surface area contributed by atoms with Crippen LogP contribution in [0.5, 0.6) is 23.0 Å². The first-order valence-electron chi connectivity index (χ1n) is 14.5. The number of phenols is 2. The minimum atomic E-state index is -0.753. The fourth-order valence-electron chi connectivity index (χ4n) is 4.47. The number of ether oxygens (including phenoxy) is 6. The van der Waals surface area contributed by atoms with Gasteiger partial charge in [-0.25, -0.2) is 9.59 Å². The van der Waals surface area contributed by atoms with Gasteiger partial charge in [-0.05, 0) is 75.9 Å². The highest BCUT2D eigenvalue weighted by atomic mass is 16.6. The number of carbonyl (C=O) groups is 4. The molecular formula is C32H40O12. The van der Waals surface area contributed by atoms with E-state index in [4.69, 9.17) is 28.4 Å². The lowest BCUT2D eigenvalue weighted by Crippen LogP contribution is -2.30. The van der Waals surface area contributed by atoms with E-state index >= 15 is 0 Å². The highest BCUT2D eigenvalue weighted by molar-refractivity contribution is 5.93. The van der Waals surface area contributed by atoms with E-state index in [-0.39, 0.29) is 59.5 Å². The fourth-order valence-corrected chi connectivity index (χ4v) is 4.47. The lowest BCUT2D eigenvalue weighted by molar-refractivity contribution is -0.145. The predicted molar refractivity (Wildman–Crippen MR) is 156 cm³/mol. The third-order valence-electron chi connectivity index (χ3n) is 7.53. The molecule has 1 saturated carbocycles. The number of rotatable bonds is 14. The summed E-state index contributed by atoms with van der Waals surface area (Å²) >= 11 is 0. The third kappa shape index (κ3) is 9.95. The maximum Gasteiger partial charge on any atom is 0.342 e. The van der Waals surface area contributed by atoms with Crippen LogP contribution in [0.3, 0.4) is 0 Å². The molecule has 0 bridgehead atoms. The molecule has 240 valence electrons. The topological polar surface area (TPSA) is 164 Å². The van der Waals surface area contributed by atoms with Crippen molar-refractivity contribution in [2.75, 3.05) is 27.4 Å². The molecule has 44 heavy (non-hydrogen) atoms. The van der Waals surface area contributed by atoms with Crippen molar-refractivity contribution in [2.45, 2.75) is 64.6 Å². The first-order chi connectivity index (χ1) is 21.0. The van der Waals surface area contributed by atoms with Gasteiger partial charge < -0.3 is 38.6 Å². The van der Waals surface area contributed by atoms with E-state index in [0.29, 0.717) is 38.5 Å². The highest BCUT2D eigenvalue weighted by Crippen LogP contribution is 2.33. The van der Waals surface area contributed by atoms with Crippen molar-refractivity contribution >= 4 is 23.9 Å². The minimum Gasteiger partial charge on any atom is -0.507 e. The van der Waals surface area contributed by atoms with Crippen molar-refractivity contribution in [3.05, 3.63) is 47.5 Å². The van der Waals surface area contributed by atoms with Crippen molar-refractivity contribution in [2.24, 2.45) is 11.8 Å². The first kappa shape index (κ1) is 34.3. The second-order valence-corrected chi connectivity index (χ2v) is 10.7. The molecule has 2 N–H and O–H groups in total. The van der Waals surface area contributed by atoms with Crippen LogP contribution in [-0.4, -0.2) is 73.7 Å². The van der Waals surface area contributed by atoms with Gasteiger partial charge in [0.2, 0.25) is 0 Å². The van der Waals surface area contributed by atoms with Crippen molar-refractivity contribution in [1.82, 2.24) is 0 Å². The van der Waals surface area contributed by atoms with Crippen LogP contribution in [0.15, 0.2) is 36.4 Å². The summed E-state index contributed by atoms with van der Waals surface area (Å²) < 4.78 is 31.5. The molecule has 0 saturated heterocycles. The van der Waals surface area contributed by atoms with Gasteiger partial charge >= 0.3 is 23.9 Å². The summed E-state index contributed by atoms with van der Waals surface area (Å²) in [4.78, 5) is 50.5. The van der Waals surface area contributed by atoms with E-state index in [2.05, 4.69) is 0 Å². The van der Waals surface area contributed by atoms with E-state index in [1.807, 2.05) is 13.8 Å². The van der Waals surface area contributed by atoms with Crippen molar-refractivity contribution in [3.63, 3.8) is 0 Å². The molecule has 2 aromatic carbocycles. The van der Waals surface area contributed by atoms with E-state index in [1.165, 1.54) is 36.4 Å². The summed E-state index contributed by atoms with van der Waals surface area (Å²) in [5, 5.41) is 20.2. The SMILES string of the molecule is COC(C)CCOC(=O)c1cc(OC(=O)C2CCC(C(=O)Oc3ccc(O)c(C(=O)OCCC(C)OC)c3)CC2)ccc1O. The molecule has 0 aliphatic heterocycles. The standard InChI is InChI=1S/C32H40O12/c1-19(39-3)13-15-41-31(37)25-17-23(9-11-27(25)33)43-29(35)21-5-7-22(8-6-21)30(36)44-24-10-12-28(34)26(18-24)32(38)42-16-14-20(2)40-4/h9-12,17-22,33-34H,5-8,13-16H2,1-4H3. The normalized spacial score (nSPS) is 17.6. The Morgan fingerprint density at radius 1 is 0.682 bits per heavy atom. The third-order valence-corrected chi connectivity index (χ3v) is 7.53. The molecule has 3 rings (SSSR count). The van der Waals surface area contributed by atoms with Crippen molar-refractivity contribution in [1.29, 1.82) is 0 Å². The van der Waals surface area contributed by atoms with Gasteiger partial charge in [0.15, 0.2) is 0 Å². The number of carbonyl (C=O) groups excluding carboxylic acids is 4. The average molecular weight is 617 g/mol. The van der Waals surface area contributed by atoms with Crippen LogP contribution in [0.25, 0.3) is 0 Å². The number of esters is 4. The van der Waals surface area contributed by atoms with Gasteiger partial charge in [0.25, 0.3) is 0 Å². The molecule has 2 unspecified atom stereocenters. The minimum absolute atomic E-state index is 0.0846. The Bertz CT molecular complexity index is 1200. The van der Waals surface area contributed by atoms with Crippen LogP contribution in [0, 0.1) is 11.8 Å². The van der Waals surface area contributed by atoms with Crippen LogP contribution in [0.4, 0.5) is 0 Å². The molecule has 0 aromatic heterocycles. The van der Waals surface area contributed by atoms with Gasteiger partial charge in [0, 0.05) is 27.1 Å². The molecular weight excluding hydrogens is 576 g/mol. The number of hydrogen-bond acceptors (Lipinski definition) is 12. The van der Waals surface area contributed by atoms with E-state index in [1.54, 1.807) is 14.2 Å². The molecule has 1 aliphatic rings. The summed E-state index contributed by atoms with van der Waals surface area (Å²) in [6.07, 6.45) is 2.25. The maximum atomic E-state index is 12.8. The van der Waals surface area contributed by atoms with Gasteiger partial charge in [-0.3, -0.25) is 9.59 Å². The molecule has 0 radical (unpaired) electrons. The Balaban J connectivity index is 1.50. The largest absolute Gasteiger partial charge is 0.507 e. The zero-order chi connectivity index (χ0) is 32.2. The van der Waals surface area contributed by atoms with E-state index in [9.17, 15) is 29.4 Å². The molecule has 0 spiro atoms. The molecule has 0 heterocycles. The van der Waals surface area contributed by atoms with E-state index < -0.39 is 35.7 Å². The number of methoxy groups -OCH3 is 2. The smallest absolute Gasteiger partial charge is 0.342 e. The Kier molecular flexibility index (Phi) is 13.0. The van der Waals surface area contributed by atoms with Crippen LogP contribution in [0.1, 0.15) is 73.1 Å². The molecule has 12 heteroatoms. The first-order valence-corrected chi connectivity index (χ1v) is 14.5. The average Bonchev–Trinajstić information content (AvgIpc) is 3.02. The molecule has 2 aromatic rings. The van der Waals surface area contributed by atoms with Crippen LogP contribution >= 0.6 is 0 Å². The summed E-state index contributed by atoms with van der Waals surface area (Å²) in [6.45, 7) is 3.86. The number of aromatic hydroxyl groups is 2. The predicted octanol–water partition coefficient (Wildman–Crippen LogP) is 4.58. The summed E-state index contributed by atoms with van der Waals surface area (Å²) in [5.41, 5.74) is -0.253. The maximum absolute atomic E-state index is 12.8. The summed E-state index contributed by atoms with van der Waals surface area (Å²) in [6, 6.07) is 7.75. The molecule has 1 fully saturated rings. The highest BCUT2D eigenvalue weighted by Gasteiger charge is 2.32. The number of benzene rings is 2. The number of hydrogen-bond donors (Lipinski definition) is 2. The van der Waals surface area contributed by atoms with E-state index in [0.717, 1.165) is 0 Å². The van der Waals surface area contributed by atoms with Gasteiger partial charge in [-0.15, -0.1) is 0 Å². The summed E-state index contributed by atoms with van der Waals surface area (Å²) in [5.74, 6) is -3.93. The monoisotopic (exact) mass is 616 g/mol. The van der Waals surface area contributed by atoms with Gasteiger partial charge in [-0.2, -0.15) is 0 Å². The van der Waals surface area contributed by atoms with Crippen molar-refractivity contribution in [3.8, 4) is 23.0 Å². The Hall–Kier alpha value is -4.16. The molecule has 1 aliphatic carbocycles. The Labute approximate surface area is 256 Å². The van der Waals surface area contributed by atoms with Gasteiger partial charge in [0.05, 0.1) is 37.3 Å². The second kappa shape index (κ2) is 16.6. The Morgan fingerprint density at radius 3 is 1.39 bits per heavy atom. The molecule has 2 atom stereocenters. The Morgan fingerprint density at radius 2 is 1.05 bits per heavy atom. The lowest BCUT2D eigenvalue weighted by Gasteiger charge is -2.26. The number of phenolic OH excluding ortho intramolecular Hbond substituents is 2. The van der Waals surface area contributed by atoms with Gasteiger partial charge in [0.1, 0.15) is 34.1 Å². The van der Waals surface area contributed by atoms with Crippen molar-refractivity contribution < 1.29 is 57.8 Å². The lowest BCUT2D eigenvalue weighted by atomic mass is 9.82. The van der Waals surface area contributed by atoms with Crippen LogP contribution in [0.2, 0.25) is 0 Å². The summed E-state index contributed by atoms with van der Waals surface area (Å²) in [7, 11) is 3.10. The second-order valence-electron chi connectivity index (χ2n) is 10.7. The van der Waals surface area contributed by atoms with Crippen LogP contribution < -0.4 is 9.47 Å². The fraction of sp³-hybridized carbons (Fsp3) is 0.500. The quantitative estimate of drug-likeness (QED) is 0.225. The molecule has 12 nitrogen and oxygen atoms in total.